The number of carbonyl (C=O) groups is 1. The molecule has 98 valence electrons. The number of allylic oxidation sites excluding steroid dienone is 2. The molecule has 3 nitrogen and oxygen atoms in total. The predicted molar refractivity (Wildman–Crippen MR) is 73.7 cm³/mol. The summed E-state index contributed by atoms with van der Waals surface area (Å²) in [5.74, 6) is 0. The summed E-state index contributed by atoms with van der Waals surface area (Å²) in [6.07, 6.45) is 14.2. The number of hydrogen-bond acceptors (Lipinski definition) is 3. The smallest absolute Gasteiger partial charge is 0.119 e. The fraction of sp³-hybridized carbons (Fsp3) is 0.571. The van der Waals surface area contributed by atoms with Crippen molar-refractivity contribution in [3.05, 3.63) is 25.3 Å². The van der Waals surface area contributed by atoms with Crippen LogP contribution >= 0.6 is 0 Å². The molecule has 0 rings (SSSR count). The molecule has 3 heteroatoms. The number of nitrogens with zero attached hydrogens (tertiary/aromatic N) is 1. The minimum Gasteiger partial charge on any atom is -0.411 e. The zero-order valence-electron chi connectivity index (χ0n) is 10.7. The van der Waals surface area contributed by atoms with Crippen LogP contribution in [0.3, 0.4) is 0 Å². The highest BCUT2D eigenvalue weighted by molar-refractivity contribution is 5.55. The summed E-state index contributed by atoms with van der Waals surface area (Å²) in [4.78, 5) is 9.74. The first-order valence-electron chi connectivity index (χ1n) is 6.14. The van der Waals surface area contributed by atoms with E-state index in [1.165, 1.54) is 6.21 Å². The molecule has 0 saturated carbocycles. The molecule has 0 aromatic rings. The number of hydrogen-bond donors (Lipinski definition) is 1. The van der Waals surface area contributed by atoms with E-state index in [4.69, 9.17) is 5.21 Å². The summed E-state index contributed by atoms with van der Waals surface area (Å²) in [5.41, 5.74) is 0. The van der Waals surface area contributed by atoms with Crippen LogP contribution in [0.1, 0.15) is 51.4 Å². The van der Waals surface area contributed by atoms with Crippen molar-refractivity contribution in [1.82, 2.24) is 0 Å². The Morgan fingerprint density at radius 3 is 1.76 bits per heavy atom. The van der Waals surface area contributed by atoms with Gasteiger partial charge in [-0.2, -0.15) is 0 Å². The van der Waals surface area contributed by atoms with Gasteiger partial charge in [-0.15, -0.1) is 18.3 Å². The second-order valence-electron chi connectivity index (χ2n) is 3.61. The molecule has 0 unspecified atom stereocenters. The molecule has 0 radical (unpaired) electrons. The zero-order chi connectivity index (χ0) is 13.2. The number of carbonyl (C=O) groups excluding carboxylic acids is 1. The normalized spacial score (nSPS) is 9.41. The molecule has 0 aromatic carbocycles. The Bertz CT molecular complexity index is 190. The van der Waals surface area contributed by atoms with Crippen LogP contribution in [0.15, 0.2) is 30.5 Å². The van der Waals surface area contributed by atoms with Crippen LogP contribution < -0.4 is 0 Å². The molecule has 0 spiro atoms. The number of rotatable bonds is 10. The molecule has 1 N–H and O–H groups in total. The first-order valence-corrected chi connectivity index (χ1v) is 6.14. The molecule has 0 aliphatic carbocycles. The van der Waals surface area contributed by atoms with Gasteiger partial charge in [0.25, 0.3) is 0 Å². The molecule has 0 fully saturated rings. The monoisotopic (exact) mass is 239 g/mol. The lowest BCUT2D eigenvalue weighted by Gasteiger charge is -1.89. The van der Waals surface area contributed by atoms with Crippen molar-refractivity contribution < 1.29 is 10.0 Å². The second kappa shape index (κ2) is 20.1. The van der Waals surface area contributed by atoms with Gasteiger partial charge in [0.2, 0.25) is 0 Å². The lowest BCUT2D eigenvalue weighted by molar-refractivity contribution is -0.107. The summed E-state index contributed by atoms with van der Waals surface area (Å²) >= 11 is 0. The van der Waals surface area contributed by atoms with Gasteiger partial charge in [0.05, 0.1) is 0 Å². The maximum atomic E-state index is 9.74. The van der Waals surface area contributed by atoms with Gasteiger partial charge >= 0.3 is 0 Å². The SMILES string of the molecule is C=CCCCC/C=N/O.C=CCCCCC=O. The third-order valence-corrected chi connectivity index (χ3v) is 2.05. The molecule has 0 heterocycles. The van der Waals surface area contributed by atoms with Crippen molar-refractivity contribution in [2.75, 3.05) is 0 Å². The summed E-state index contributed by atoms with van der Waals surface area (Å²) < 4.78 is 0. The summed E-state index contributed by atoms with van der Waals surface area (Å²) in [6.45, 7) is 7.17. The molecular weight excluding hydrogens is 214 g/mol. The van der Waals surface area contributed by atoms with E-state index in [0.717, 1.165) is 51.2 Å². The maximum Gasteiger partial charge on any atom is 0.119 e. The first-order chi connectivity index (χ1) is 8.33. The highest BCUT2D eigenvalue weighted by Gasteiger charge is 1.82. The van der Waals surface area contributed by atoms with Crippen molar-refractivity contribution in [3.8, 4) is 0 Å². The van der Waals surface area contributed by atoms with E-state index in [9.17, 15) is 4.79 Å². The Labute approximate surface area is 105 Å². The molecule has 0 bridgehead atoms. The molecular formula is C14H25NO2. The van der Waals surface area contributed by atoms with Crippen molar-refractivity contribution >= 4 is 12.5 Å². The summed E-state index contributed by atoms with van der Waals surface area (Å²) in [5, 5.41) is 10.9. The molecule has 0 saturated heterocycles. The van der Waals surface area contributed by atoms with E-state index >= 15 is 0 Å². The molecule has 0 aliphatic heterocycles. The molecule has 0 atom stereocenters. The maximum absolute atomic E-state index is 9.74. The fourth-order valence-corrected chi connectivity index (χ4v) is 1.10. The van der Waals surface area contributed by atoms with E-state index in [-0.39, 0.29) is 0 Å². The standard InChI is InChI=1S/C7H13NO.C7H12O/c1-2-3-4-5-6-7-8-9;1-2-3-4-5-6-7-8/h2,7,9H,1,3-6H2;2,7H,1,3-6H2/b8-7+;. The van der Waals surface area contributed by atoms with Gasteiger partial charge in [-0.05, 0) is 44.9 Å². The van der Waals surface area contributed by atoms with E-state index in [0.29, 0.717) is 6.42 Å². The van der Waals surface area contributed by atoms with E-state index in [1.54, 1.807) is 0 Å². The molecule has 17 heavy (non-hydrogen) atoms. The van der Waals surface area contributed by atoms with E-state index < -0.39 is 0 Å². The quantitative estimate of drug-likeness (QED) is 0.156. The predicted octanol–water partition coefficient (Wildman–Crippen LogP) is 4.12. The third kappa shape index (κ3) is 25.2. The largest absolute Gasteiger partial charge is 0.411 e. The van der Waals surface area contributed by atoms with Gasteiger partial charge in [-0.25, -0.2) is 0 Å². The molecule has 0 amide bonds. The van der Waals surface area contributed by atoms with Crippen LogP contribution in [-0.4, -0.2) is 17.7 Å². The Balaban J connectivity index is 0. The molecule has 0 aliphatic rings. The van der Waals surface area contributed by atoms with Gasteiger partial charge < -0.3 is 10.0 Å². The third-order valence-electron chi connectivity index (χ3n) is 2.05. The average molecular weight is 239 g/mol. The Morgan fingerprint density at radius 1 is 0.882 bits per heavy atom. The van der Waals surface area contributed by atoms with Crippen LogP contribution in [0.5, 0.6) is 0 Å². The topological polar surface area (TPSA) is 49.7 Å². The van der Waals surface area contributed by atoms with Crippen LogP contribution in [0.4, 0.5) is 0 Å². The number of unbranched alkanes of at least 4 members (excludes halogenated alkanes) is 6. The van der Waals surface area contributed by atoms with Crippen LogP contribution in [0.2, 0.25) is 0 Å². The zero-order valence-corrected chi connectivity index (χ0v) is 10.7. The highest BCUT2D eigenvalue weighted by atomic mass is 16.4. The lowest BCUT2D eigenvalue weighted by atomic mass is 10.2. The Kier molecular flexibility index (Phi) is 21.3. The first kappa shape index (κ1) is 18.0. The van der Waals surface area contributed by atoms with Gasteiger partial charge in [-0.1, -0.05) is 12.2 Å². The lowest BCUT2D eigenvalue weighted by Crippen LogP contribution is -1.76. The van der Waals surface area contributed by atoms with Crippen molar-refractivity contribution in [1.29, 1.82) is 0 Å². The fourth-order valence-electron chi connectivity index (χ4n) is 1.10. The highest BCUT2D eigenvalue weighted by Crippen LogP contribution is 1.97. The van der Waals surface area contributed by atoms with Gasteiger partial charge in [-0.3, -0.25) is 0 Å². The van der Waals surface area contributed by atoms with E-state index in [1.807, 2.05) is 12.2 Å². The Morgan fingerprint density at radius 2 is 1.35 bits per heavy atom. The van der Waals surface area contributed by atoms with Gasteiger partial charge in [0.15, 0.2) is 0 Å². The van der Waals surface area contributed by atoms with Crippen molar-refractivity contribution in [2.45, 2.75) is 51.4 Å². The van der Waals surface area contributed by atoms with E-state index in [2.05, 4.69) is 18.3 Å². The minimum atomic E-state index is 0.702. The van der Waals surface area contributed by atoms with Crippen LogP contribution in [0.25, 0.3) is 0 Å². The summed E-state index contributed by atoms with van der Waals surface area (Å²) in [6, 6.07) is 0. The summed E-state index contributed by atoms with van der Waals surface area (Å²) in [7, 11) is 0. The number of aldehydes is 1. The second-order valence-corrected chi connectivity index (χ2v) is 3.61. The minimum absolute atomic E-state index is 0.702. The number of oxime groups is 1. The van der Waals surface area contributed by atoms with Crippen LogP contribution in [-0.2, 0) is 4.79 Å². The molecule has 0 aromatic heterocycles. The average Bonchev–Trinajstić information content (AvgIpc) is 2.36. The van der Waals surface area contributed by atoms with Crippen LogP contribution in [0, 0.1) is 0 Å². The Hall–Kier alpha value is -1.38. The van der Waals surface area contributed by atoms with Crippen molar-refractivity contribution in [2.24, 2.45) is 5.16 Å². The van der Waals surface area contributed by atoms with Gasteiger partial charge in [0.1, 0.15) is 6.29 Å². The van der Waals surface area contributed by atoms with Gasteiger partial charge in [0, 0.05) is 12.6 Å². The van der Waals surface area contributed by atoms with Crippen molar-refractivity contribution in [3.63, 3.8) is 0 Å².